The molecule has 0 unspecified atom stereocenters. The van der Waals surface area contributed by atoms with Crippen molar-refractivity contribution in [3.63, 3.8) is 0 Å². The monoisotopic (exact) mass is 747 g/mol. The van der Waals surface area contributed by atoms with Crippen molar-refractivity contribution < 1.29 is 33.1 Å². The molecule has 1 saturated heterocycles. The molecule has 0 bridgehead atoms. The van der Waals surface area contributed by atoms with Gasteiger partial charge in [0.2, 0.25) is 20.2 Å². The van der Waals surface area contributed by atoms with E-state index in [0.717, 1.165) is 33.6 Å². The molecule has 8 rings (SSSR count). The summed E-state index contributed by atoms with van der Waals surface area (Å²) < 4.78 is 29.2. The molecule has 280 valence electrons. The third-order valence-electron chi connectivity index (χ3n) is 12.0. The van der Waals surface area contributed by atoms with Crippen LogP contribution >= 0.6 is 0 Å². The number of amides is 3. The zero-order valence-electron chi connectivity index (χ0n) is 31.1. The quantitative estimate of drug-likeness (QED) is 0.155. The highest BCUT2D eigenvalue weighted by molar-refractivity contribution is 6.72. The van der Waals surface area contributed by atoms with E-state index in [2.05, 4.69) is 0 Å². The van der Waals surface area contributed by atoms with E-state index in [9.17, 15) is 14.7 Å². The number of aryl methyl sites for hydroxylation is 1. The fourth-order valence-corrected chi connectivity index (χ4v) is 12.0. The number of ether oxygens (including phenoxy) is 2. The number of hydrogen-bond acceptors (Lipinski definition) is 6. The van der Waals surface area contributed by atoms with Crippen molar-refractivity contribution in [1.29, 1.82) is 0 Å². The van der Waals surface area contributed by atoms with Gasteiger partial charge in [-0.3, -0.25) is 19.3 Å². The van der Waals surface area contributed by atoms with Crippen LogP contribution in [0.3, 0.4) is 0 Å². The zero-order chi connectivity index (χ0) is 37.9. The molecule has 5 atom stereocenters. The maximum atomic E-state index is 16.6. The minimum Gasteiger partial charge on any atom is -0.497 e. The first kappa shape index (κ1) is 36.1. The van der Waals surface area contributed by atoms with Crippen LogP contribution in [-0.4, -0.2) is 62.0 Å². The number of carbonyl (C=O) groups excluding carboxylic acids is 3. The maximum absolute atomic E-state index is 16.6. The number of nitrogens with zero attached hydrogens (tertiary/aromatic N) is 3. The van der Waals surface area contributed by atoms with E-state index < -0.39 is 37.6 Å². The van der Waals surface area contributed by atoms with E-state index in [1.807, 2.05) is 85.8 Å². The Bertz CT molecular complexity index is 2140. The van der Waals surface area contributed by atoms with Gasteiger partial charge in [0.05, 0.1) is 50.2 Å². The Morgan fingerprint density at radius 1 is 0.944 bits per heavy atom. The number of aliphatic hydroxyl groups is 1. The smallest absolute Gasteiger partial charge is 0.264 e. The van der Waals surface area contributed by atoms with E-state index in [1.54, 1.807) is 47.0 Å². The molecule has 9 nitrogen and oxygen atoms in total. The molecule has 0 radical (unpaired) electrons. The highest BCUT2D eigenvalue weighted by Gasteiger charge is 2.67. The summed E-state index contributed by atoms with van der Waals surface area (Å²) in [6, 6.07) is 28.5. The lowest BCUT2D eigenvalue weighted by atomic mass is 9.82. The van der Waals surface area contributed by atoms with E-state index in [4.69, 9.17) is 9.47 Å². The number of benzene rings is 4. The number of para-hydroxylation sites is 1. The summed E-state index contributed by atoms with van der Waals surface area (Å²) in [4.78, 5) is 47.7. The second kappa shape index (κ2) is 13.8. The molecule has 4 aromatic rings. The summed E-state index contributed by atoms with van der Waals surface area (Å²) >= 11 is 0. The van der Waals surface area contributed by atoms with E-state index in [1.165, 1.54) is 0 Å². The van der Waals surface area contributed by atoms with Gasteiger partial charge in [0.1, 0.15) is 5.75 Å². The van der Waals surface area contributed by atoms with Crippen LogP contribution in [0.1, 0.15) is 47.6 Å². The van der Waals surface area contributed by atoms with Gasteiger partial charge in [-0.15, -0.1) is 0 Å². The average Bonchev–Trinajstić information content (AvgIpc) is 3.59. The summed E-state index contributed by atoms with van der Waals surface area (Å²) in [6.07, 6.45) is 0.636. The van der Waals surface area contributed by atoms with Crippen LogP contribution in [0.2, 0.25) is 18.6 Å². The second-order valence-corrected chi connectivity index (χ2v) is 19.4. The lowest BCUT2D eigenvalue weighted by Gasteiger charge is -2.37. The molecule has 0 saturated carbocycles. The third kappa shape index (κ3) is 5.93. The zero-order valence-corrected chi connectivity index (χ0v) is 32.1. The minimum atomic E-state index is -3.56. The van der Waals surface area contributed by atoms with E-state index >= 15 is 8.90 Å². The predicted molar refractivity (Wildman–Crippen MR) is 207 cm³/mol. The van der Waals surface area contributed by atoms with Gasteiger partial charge in [-0.2, -0.15) is 0 Å². The van der Waals surface area contributed by atoms with Crippen LogP contribution in [0.15, 0.2) is 91.0 Å². The SMILES string of the molecule is COc1ccc2c(c1)[C@@]1(O[C@H](CC(=O)N3Cc4ccccc4C[C@H]3CO)[C@@H]([Si](C)(C)F)[C@@H]1C)C(=O)N2Cc1cccc(N2C(=O)CCc3ccccc32)c1. The molecule has 4 aliphatic rings. The van der Waals surface area contributed by atoms with Gasteiger partial charge < -0.3 is 28.5 Å². The Balaban J connectivity index is 1.13. The lowest BCUT2D eigenvalue weighted by Crippen LogP contribution is -2.48. The Labute approximate surface area is 316 Å². The molecule has 4 aromatic carbocycles. The Morgan fingerprint density at radius 2 is 1.69 bits per heavy atom. The van der Waals surface area contributed by atoms with Gasteiger partial charge in [-0.05, 0) is 84.6 Å². The van der Waals surface area contributed by atoms with Crippen LogP contribution in [-0.2, 0) is 50.7 Å². The standard InChI is InChI=1S/C43H46FN3O6Si/c1-27-41(54(3,4)44)38(23-40(50)45-25-31-13-6-5-12-30(31)21-33(45)26-48)53-43(27)35-22-34(52-2)17-18-37(35)46(42(43)51)24-28-10-9-14-32(20-28)47-36-15-8-7-11-29(36)16-19-39(47)49/h5-15,17-18,20,22,27,33,38,41,48H,16,19,21,23-26H2,1-4H3/t27-,33-,38+,41-,43+/m0/s1. The number of aliphatic hydroxyl groups excluding tert-OH is 1. The van der Waals surface area contributed by atoms with Crippen molar-refractivity contribution in [3.8, 4) is 5.75 Å². The van der Waals surface area contributed by atoms with Gasteiger partial charge in [0, 0.05) is 35.7 Å². The number of halogens is 1. The van der Waals surface area contributed by atoms with Crippen LogP contribution in [0.25, 0.3) is 0 Å². The van der Waals surface area contributed by atoms with Crippen LogP contribution in [0, 0.1) is 5.92 Å². The number of carbonyl (C=O) groups is 3. The molecule has 0 aromatic heterocycles. The normalized spacial score (nSPS) is 24.8. The number of methoxy groups -OCH3 is 1. The van der Waals surface area contributed by atoms with Crippen molar-refractivity contribution in [1.82, 2.24) is 4.90 Å². The number of hydrogen-bond donors (Lipinski definition) is 1. The Kier molecular flexibility index (Phi) is 9.22. The first-order chi connectivity index (χ1) is 25.9. The number of anilines is 3. The van der Waals surface area contributed by atoms with Gasteiger partial charge in [0.25, 0.3) is 5.91 Å². The van der Waals surface area contributed by atoms with E-state index in [0.29, 0.717) is 42.8 Å². The molecular formula is C43H46FN3O6Si. The molecular weight excluding hydrogens is 702 g/mol. The van der Waals surface area contributed by atoms with Gasteiger partial charge >= 0.3 is 0 Å². The van der Waals surface area contributed by atoms with Gasteiger partial charge in [-0.25, -0.2) is 0 Å². The van der Waals surface area contributed by atoms with Crippen LogP contribution < -0.4 is 14.5 Å². The number of rotatable bonds is 8. The maximum Gasteiger partial charge on any atom is 0.264 e. The Morgan fingerprint density at radius 3 is 2.43 bits per heavy atom. The minimum absolute atomic E-state index is 0.0105. The van der Waals surface area contributed by atoms with Crippen molar-refractivity contribution in [2.45, 2.75) is 82.1 Å². The molecule has 1 spiro atoms. The molecule has 1 fully saturated rings. The lowest BCUT2D eigenvalue weighted by molar-refractivity contribution is -0.151. The van der Waals surface area contributed by atoms with Crippen molar-refractivity contribution in [2.75, 3.05) is 23.5 Å². The Hall–Kier alpha value is -4.84. The summed E-state index contributed by atoms with van der Waals surface area (Å²) in [7, 11) is -2.00. The van der Waals surface area contributed by atoms with Crippen molar-refractivity contribution >= 4 is 43.2 Å². The molecule has 1 N–H and O–H groups in total. The highest BCUT2D eigenvalue weighted by Crippen LogP contribution is 2.61. The fraction of sp³-hybridized carbons (Fsp3) is 0.372. The molecule has 3 amide bonds. The first-order valence-electron chi connectivity index (χ1n) is 18.8. The van der Waals surface area contributed by atoms with Crippen molar-refractivity contribution in [2.24, 2.45) is 5.92 Å². The predicted octanol–water partition coefficient (Wildman–Crippen LogP) is 6.96. The largest absolute Gasteiger partial charge is 0.497 e. The van der Waals surface area contributed by atoms with Crippen LogP contribution in [0.4, 0.5) is 21.2 Å². The van der Waals surface area contributed by atoms with Crippen molar-refractivity contribution in [3.05, 3.63) is 119 Å². The van der Waals surface area contributed by atoms with Gasteiger partial charge in [0.15, 0.2) is 5.60 Å². The molecule has 54 heavy (non-hydrogen) atoms. The molecule has 0 aliphatic carbocycles. The molecule has 4 aliphatic heterocycles. The van der Waals surface area contributed by atoms with E-state index in [-0.39, 0.29) is 37.3 Å². The summed E-state index contributed by atoms with van der Waals surface area (Å²) in [5.41, 5.74) is 4.60. The fourth-order valence-electron chi connectivity index (χ4n) is 9.53. The summed E-state index contributed by atoms with van der Waals surface area (Å²) in [5.74, 6) is -0.610. The van der Waals surface area contributed by atoms with Crippen LogP contribution in [0.5, 0.6) is 5.75 Å². The molecule has 4 heterocycles. The summed E-state index contributed by atoms with van der Waals surface area (Å²) in [5, 5.41) is 10.3. The second-order valence-electron chi connectivity index (χ2n) is 15.6. The third-order valence-corrected chi connectivity index (χ3v) is 14.5. The summed E-state index contributed by atoms with van der Waals surface area (Å²) in [6.45, 7) is 5.45. The highest BCUT2D eigenvalue weighted by atomic mass is 28.4. The molecule has 11 heteroatoms. The number of fused-ring (bicyclic) bond motifs is 4. The first-order valence-corrected chi connectivity index (χ1v) is 21.7. The topological polar surface area (TPSA) is 99.6 Å². The van der Waals surface area contributed by atoms with Gasteiger partial charge in [-0.1, -0.05) is 61.5 Å². The average molecular weight is 748 g/mol.